The predicted molar refractivity (Wildman–Crippen MR) is 83.6 cm³/mol. The minimum absolute atomic E-state index is 0.0918. The molecule has 1 aromatic carbocycles. The Morgan fingerprint density at radius 1 is 1.00 bits per heavy atom. The number of para-hydroxylation sites is 1. The third kappa shape index (κ3) is 2.57. The molecule has 0 amide bonds. The Kier molecular flexibility index (Phi) is 3.97. The second-order valence-electron chi connectivity index (χ2n) is 5.04. The van der Waals surface area contributed by atoms with Gasteiger partial charge in [-0.05, 0) is 25.5 Å². The molecular formula is C14H17N3O4S. The number of nitrogens with zero attached hydrogens (tertiary/aromatic N) is 2. The molecule has 0 bridgehead atoms. The molecule has 0 unspecified atom stereocenters. The average Bonchev–Trinajstić information content (AvgIpc) is 2.45. The Labute approximate surface area is 127 Å². The topological polar surface area (TPSA) is 90.2 Å². The van der Waals surface area contributed by atoms with Crippen LogP contribution in [0.3, 0.4) is 0 Å². The average molecular weight is 323 g/mol. The van der Waals surface area contributed by atoms with Gasteiger partial charge in [-0.15, -0.1) is 0 Å². The molecule has 1 heterocycles. The van der Waals surface area contributed by atoms with E-state index in [1.54, 1.807) is 31.2 Å². The van der Waals surface area contributed by atoms with Gasteiger partial charge in [0.15, 0.2) is 4.90 Å². The van der Waals surface area contributed by atoms with Crippen LogP contribution in [0.15, 0.2) is 38.8 Å². The lowest BCUT2D eigenvalue weighted by Gasteiger charge is -2.14. The van der Waals surface area contributed by atoms with Crippen molar-refractivity contribution in [2.45, 2.75) is 18.7 Å². The van der Waals surface area contributed by atoms with Gasteiger partial charge < -0.3 is 0 Å². The lowest BCUT2D eigenvalue weighted by molar-refractivity contribution is 0.583. The molecular weight excluding hydrogens is 306 g/mol. The molecule has 1 N–H and O–H groups in total. The maximum absolute atomic E-state index is 12.6. The lowest BCUT2D eigenvalue weighted by atomic mass is 10.2. The van der Waals surface area contributed by atoms with Crippen molar-refractivity contribution in [3.8, 4) is 0 Å². The predicted octanol–water partition coefficient (Wildman–Crippen LogP) is 0.502. The first-order valence-electron chi connectivity index (χ1n) is 6.52. The minimum atomic E-state index is -4.10. The van der Waals surface area contributed by atoms with Crippen molar-refractivity contribution >= 4 is 15.7 Å². The molecule has 0 aliphatic carbocycles. The zero-order valence-corrected chi connectivity index (χ0v) is 13.6. The van der Waals surface area contributed by atoms with E-state index in [2.05, 4.69) is 4.72 Å². The summed E-state index contributed by atoms with van der Waals surface area (Å²) in [5.41, 5.74) is -0.212. The summed E-state index contributed by atoms with van der Waals surface area (Å²) in [6.45, 7) is 3.18. The number of sulfonamides is 1. The summed E-state index contributed by atoms with van der Waals surface area (Å²) in [4.78, 5) is 23.6. The van der Waals surface area contributed by atoms with Crippen LogP contribution in [0.1, 0.15) is 11.3 Å². The normalized spacial score (nSPS) is 11.5. The summed E-state index contributed by atoms with van der Waals surface area (Å²) >= 11 is 0. The van der Waals surface area contributed by atoms with Crippen molar-refractivity contribution in [3.05, 3.63) is 56.4 Å². The molecule has 0 spiro atoms. The quantitative estimate of drug-likeness (QED) is 0.891. The van der Waals surface area contributed by atoms with Crippen LogP contribution < -0.4 is 16.0 Å². The number of benzene rings is 1. The van der Waals surface area contributed by atoms with Crippen LogP contribution in [0.4, 0.5) is 5.69 Å². The zero-order chi connectivity index (χ0) is 16.7. The molecule has 0 radical (unpaired) electrons. The van der Waals surface area contributed by atoms with Gasteiger partial charge in [0.05, 0.1) is 5.69 Å². The summed E-state index contributed by atoms with van der Waals surface area (Å²) in [7, 11) is -1.43. The number of anilines is 1. The van der Waals surface area contributed by atoms with Crippen LogP contribution in [0.5, 0.6) is 0 Å². The fourth-order valence-corrected chi connectivity index (χ4v) is 3.62. The van der Waals surface area contributed by atoms with E-state index in [0.29, 0.717) is 5.69 Å². The Bertz CT molecular complexity index is 955. The van der Waals surface area contributed by atoms with Gasteiger partial charge in [-0.25, -0.2) is 13.2 Å². The summed E-state index contributed by atoms with van der Waals surface area (Å²) in [5, 5.41) is 0. The summed E-state index contributed by atoms with van der Waals surface area (Å²) in [5.74, 6) is 0. The molecule has 2 aromatic rings. The van der Waals surface area contributed by atoms with Gasteiger partial charge in [0, 0.05) is 19.8 Å². The monoisotopic (exact) mass is 323 g/mol. The van der Waals surface area contributed by atoms with Gasteiger partial charge in [-0.2, -0.15) is 0 Å². The van der Waals surface area contributed by atoms with Crippen LogP contribution in [-0.4, -0.2) is 17.6 Å². The molecule has 0 aliphatic heterocycles. The molecule has 118 valence electrons. The zero-order valence-electron chi connectivity index (χ0n) is 12.7. The van der Waals surface area contributed by atoms with Crippen molar-refractivity contribution in [1.29, 1.82) is 0 Å². The smallest absolute Gasteiger partial charge is 0.300 e. The molecule has 0 saturated carbocycles. The number of rotatable bonds is 3. The van der Waals surface area contributed by atoms with E-state index in [1.165, 1.54) is 21.0 Å². The van der Waals surface area contributed by atoms with Gasteiger partial charge in [-0.3, -0.25) is 18.7 Å². The van der Waals surface area contributed by atoms with E-state index in [1.807, 2.05) is 0 Å². The fraction of sp³-hybridized carbons (Fsp3) is 0.286. The molecule has 0 atom stereocenters. The summed E-state index contributed by atoms with van der Waals surface area (Å²) in [6, 6.07) is 6.83. The first kappa shape index (κ1) is 16.0. The first-order chi connectivity index (χ1) is 10.2. The molecule has 1 aromatic heterocycles. The highest BCUT2D eigenvalue weighted by atomic mass is 32.2. The van der Waals surface area contributed by atoms with Crippen LogP contribution >= 0.6 is 0 Å². The molecule has 8 heteroatoms. The maximum Gasteiger partial charge on any atom is 0.330 e. The summed E-state index contributed by atoms with van der Waals surface area (Å²) in [6.07, 6.45) is 0. The summed E-state index contributed by atoms with van der Waals surface area (Å²) < 4.78 is 29.5. The molecule has 7 nitrogen and oxygen atoms in total. The van der Waals surface area contributed by atoms with Crippen molar-refractivity contribution < 1.29 is 8.42 Å². The number of nitrogens with one attached hydrogen (secondary N) is 1. The van der Waals surface area contributed by atoms with E-state index in [4.69, 9.17) is 0 Å². The molecule has 22 heavy (non-hydrogen) atoms. The van der Waals surface area contributed by atoms with Gasteiger partial charge >= 0.3 is 5.69 Å². The Morgan fingerprint density at radius 2 is 1.59 bits per heavy atom. The van der Waals surface area contributed by atoms with Gasteiger partial charge in [0.1, 0.15) is 0 Å². The third-order valence-corrected chi connectivity index (χ3v) is 5.06. The van der Waals surface area contributed by atoms with Gasteiger partial charge in [-0.1, -0.05) is 18.2 Å². The van der Waals surface area contributed by atoms with Crippen molar-refractivity contribution in [2.24, 2.45) is 14.1 Å². The van der Waals surface area contributed by atoms with Crippen molar-refractivity contribution in [3.63, 3.8) is 0 Å². The fourth-order valence-electron chi connectivity index (χ4n) is 2.11. The number of aromatic nitrogens is 2. The number of aryl methyl sites for hydroxylation is 1. The van der Waals surface area contributed by atoms with Crippen LogP contribution in [0.2, 0.25) is 0 Å². The van der Waals surface area contributed by atoms with E-state index in [0.717, 1.165) is 14.7 Å². The largest absolute Gasteiger partial charge is 0.330 e. The van der Waals surface area contributed by atoms with Gasteiger partial charge in [0.25, 0.3) is 15.6 Å². The highest BCUT2D eigenvalue weighted by Crippen LogP contribution is 2.18. The van der Waals surface area contributed by atoms with Crippen LogP contribution in [-0.2, 0) is 24.1 Å². The maximum atomic E-state index is 12.6. The van der Waals surface area contributed by atoms with E-state index in [-0.39, 0.29) is 5.69 Å². The van der Waals surface area contributed by atoms with E-state index >= 15 is 0 Å². The molecule has 2 rings (SSSR count). The third-order valence-electron chi connectivity index (χ3n) is 3.56. The highest BCUT2D eigenvalue weighted by Gasteiger charge is 2.25. The first-order valence-corrected chi connectivity index (χ1v) is 8.00. The highest BCUT2D eigenvalue weighted by molar-refractivity contribution is 7.92. The van der Waals surface area contributed by atoms with Crippen molar-refractivity contribution in [2.75, 3.05) is 4.72 Å². The Morgan fingerprint density at radius 3 is 2.18 bits per heavy atom. The second kappa shape index (κ2) is 5.45. The lowest BCUT2D eigenvalue weighted by Crippen LogP contribution is -2.42. The second-order valence-corrected chi connectivity index (χ2v) is 6.66. The van der Waals surface area contributed by atoms with E-state index in [9.17, 15) is 18.0 Å². The van der Waals surface area contributed by atoms with E-state index < -0.39 is 26.2 Å². The number of hydrogen-bond acceptors (Lipinski definition) is 4. The molecule has 0 saturated heterocycles. The molecule has 0 aliphatic rings. The van der Waals surface area contributed by atoms with Crippen LogP contribution in [0.25, 0.3) is 0 Å². The van der Waals surface area contributed by atoms with Gasteiger partial charge in [0.2, 0.25) is 0 Å². The number of hydrogen-bond donors (Lipinski definition) is 1. The Balaban J connectivity index is 2.69. The van der Waals surface area contributed by atoms with Crippen molar-refractivity contribution in [1.82, 2.24) is 9.13 Å². The Hall–Kier alpha value is -2.35. The SMILES string of the molecule is Cc1ccccc1NS(=O)(=O)c1c(C)n(C)c(=O)n(C)c1=O. The standard InChI is InChI=1S/C14H17N3O4S/c1-9-7-5-6-8-11(9)15-22(20,21)12-10(2)16(3)14(19)17(4)13(12)18/h5-8,15H,1-4H3. The van der Waals surface area contributed by atoms with Crippen LogP contribution in [0, 0.1) is 13.8 Å². The minimum Gasteiger partial charge on any atom is -0.300 e. The molecule has 0 fully saturated rings.